The molecule has 0 bridgehead atoms. The summed E-state index contributed by atoms with van der Waals surface area (Å²) in [6.45, 7) is 7.79. The fraction of sp³-hybridized carbons (Fsp3) is 0.500. The lowest BCUT2D eigenvalue weighted by atomic mass is 9.84. The van der Waals surface area contributed by atoms with Gasteiger partial charge in [0.1, 0.15) is 0 Å². The van der Waals surface area contributed by atoms with E-state index in [9.17, 15) is 4.79 Å². The van der Waals surface area contributed by atoms with Crippen molar-refractivity contribution in [3.05, 3.63) is 23.3 Å². The van der Waals surface area contributed by atoms with E-state index in [1.165, 1.54) is 0 Å². The fourth-order valence-electron chi connectivity index (χ4n) is 1.55. The number of ketones is 1. The Morgan fingerprint density at radius 3 is 2.18 bits per heavy atom. The molecule has 1 nitrogen and oxygen atoms in total. The molecule has 0 aromatic carbocycles. The predicted octanol–water partition coefficient (Wildman–Crippen LogP) is 2.49. The standard InChI is InChI=1S/C10H14O/c1-5-8-6-7(2)9(11)10(8,3)4/h5-6H,1-4H3/b8-5-. The van der Waals surface area contributed by atoms with Gasteiger partial charge in [0.15, 0.2) is 5.78 Å². The van der Waals surface area contributed by atoms with Gasteiger partial charge in [0.2, 0.25) is 0 Å². The molecule has 0 spiro atoms. The molecule has 1 aliphatic rings. The summed E-state index contributed by atoms with van der Waals surface area (Å²) < 4.78 is 0. The smallest absolute Gasteiger partial charge is 0.168 e. The maximum Gasteiger partial charge on any atom is 0.168 e. The highest BCUT2D eigenvalue weighted by atomic mass is 16.1. The Labute approximate surface area is 67.8 Å². The van der Waals surface area contributed by atoms with E-state index in [4.69, 9.17) is 0 Å². The number of carbonyl (C=O) groups excluding carboxylic acids is 1. The van der Waals surface area contributed by atoms with Gasteiger partial charge in [-0.15, -0.1) is 0 Å². The van der Waals surface area contributed by atoms with Crippen LogP contribution in [0, 0.1) is 5.41 Å². The summed E-state index contributed by atoms with van der Waals surface area (Å²) in [6, 6.07) is 0. The van der Waals surface area contributed by atoms with Crippen molar-refractivity contribution in [1.82, 2.24) is 0 Å². The van der Waals surface area contributed by atoms with Gasteiger partial charge in [0.05, 0.1) is 5.41 Å². The van der Waals surface area contributed by atoms with Crippen molar-refractivity contribution in [3.63, 3.8) is 0 Å². The lowest BCUT2D eigenvalue weighted by Gasteiger charge is -2.17. The normalized spacial score (nSPS) is 26.0. The summed E-state index contributed by atoms with van der Waals surface area (Å²) >= 11 is 0. The highest BCUT2D eigenvalue weighted by molar-refractivity contribution is 6.05. The highest BCUT2D eigenvalue weighted by Crippen LogP contribution is 2.37. The molecule has 1 heteroatoms. The number of carbonyl (C=O) groups is 1. The molecule has 0 N–H and O–H groups in total. The van der Waals surface area contributed by atoms with Crippen LogP contribution in [0.5, 0.6) is 0 Å². The SMILES string of the molecule is C/C=C1/C=C(C)C(=O)C1(C)C. The molecule has 11 heavy (non-hydrogen) atoms. The lowest BCUT2D eigenvalue weighted by molar-refractivity contribution is -0.120. The number of hydrogen-bond acceptors (Lipinski definition) is 1. The van der Waals surface area contributed by atoms with Gasteiger partial charge in [0, 0.05) is 0 Å². The summed E-state index contributed by atoms with van der Waals surface area (Å²) in [5.41, 5.74) is 1.74. The van der Waals surface area contributed by atoms with E-state index >= 15 is 0 Å². The molecule has 0 atom stereocenters. The molecule has 0 saturated heterocycles. The Morgan fingerprint density at radius 2 is 2.00 bits per heavy atom. The molecule has 0 heterocycles. The Balaban J connectivity index is 3.15. The van der Waals surface area contributed by atoms with Crippen LogP contribution < -0.4 is 0 Å². The molecule has 0 unspecified atom stereocenters. The lowest BCUT2D eigenvalue weighted by Crippen LogP contribution is -2.20. The summed E-state index contributed by atoms with van der Waals surface area (Å²) in [5, 5.41) is 0. The van der Waals surface area contributed by atoms with Crippen LogP contribution >= 0.6 is 0 Å². The van der Waals surface area contributed by atoms with E-state index in [0.717, 1.165) is 11.1 Å². The summed E-state index contributed by atoms with van der Waals surface area (Å²) in [5.74, 6) is 0.255. The average molecular weight is 150 g/mol. The second-order valence-electron chi connectivity index (χ2n) is 3.53. The van der Waals surface area contributed by atoms with Gasteiger partial charge in [-0.05, 0) is 38.8 Å². The number of allylic oxidation sites excluding steroid dienone is 4. The first-order valence-corrected chi connectivity index (χ1v) is 3.90. The van der Waals surface area contributed by atoms with Gasteiger partial charge < -0.3 is 0 Å². The van der Waals surface area contributed by atoms with Crippen molar-refractivity contribution in [2.45, 2.75) is 27.7 Å². The fourth-order valence-corrected chi connectivity index (χ4v) is 1.55. The van der Waals surface area contributed by atoms with Crippen molar-refractivity contribution >= 4 is 5.78 Å². The van der Waals surface area contributed by atoms with E-state index in [1.807, 2.05) is 39.8 Å². The van der Waals surface area contributed by atoms with Gasteiger partial charge in [-0.2, -0.15) is 0 Å². The van der Waals surface area contributed by atoms with Crippen LogP contribution in [-0.2, 0) is 4.79 Å². The van der Waals surface area contributed by atoms with Gasteiger partial charge >= 0.3 is 0 Å². The summed E-state index contributed by atoms with van der Waals surface area (Å²) in [7, 11) is 0. The van der Waals surface area contributed by atoms with Crippen LogP contribution in [0.4, 0.5) is 0 Å². The Bertz CT molecular complexity index is 254. The first-order chi connectivity index (χ1) is 5.00. The van der Waals surface area contributed by atoms with Crippen molar-refractivity contribution in [2.24, 2.45) is 5.41 Å². The van der Waals surface area contributed by atoms with Crippen molar-refractivity contribution in [3.8, 4) is 0 Å². The molecule has 0 aromatic heterocycles. The van der Waals surface area contributed by atoms with Crippen LogP contribution in [0.2, 0.25) is 0 Å². The molecule has 0 aromatic rings. The molecule has 1 aliphatic carbocycles. The van der Waals surface area contributed by atoms with Gasteiger partial charge in [-0.3, -0.25) is 4.79 Å². The maximum absolute atomic E-state index is 11.5. The molecule has 0 aliphatic heterocycles. The van der Waals surface area contributed by atoms with Crippen LogP contribution in [0.3, 0.4) is 0 Å². The average Bonchev–Trinajstić information content (AvgIpc) is 2.13. The molecular formula is C10H14O. The Morgan fingerprint density at radius 1 is 1.45 bits per heavy atom. The van der Waals surface area contributed by atoms with E-state index in [2.05, 4.69) is 0 Å². The van der Waals surface area contributed by atoms with Gasteiger partial charge in [0.25, 0.3) is 0 Å². The van der Waals surface area contributed by atoms with Crippen LogP contribution in [0.15, 0.2) is 23.3 Å². The highest BCUT2D eigenvalue weighted by Gasteiger charge is 2.36. The quantitative estimate of drug-likeness (QED) is 0.518. The zero-order chi connectivity index (χ0) is 8.65. The third-order valence-electron chi connectivity index (χ3n) is 2.33. The van der Waals surface area contributed by atoms with Crippen molar-refractivity contribution in [1.29, 1.82) is 0 Å². The van der Waals surface area contributed by atoms with E-state index in [-0.39, 0.29) is 11.2 Å². The molecular weight excluding hydrogens is 136 g/mol. The monoisotopic (exact) mass is 150 g/mol. The molecule has 0 amide bonds. The largest absolute Gasteiger partial charge is 0.294 e. The minimum Gasteiger partial charge on any atom is -0.294 e. The topological polar surface area (TPSA) is 17.1 Å². The summed E-state index contributed by atoms with van der Waals surface area (Å²) in [4.78, 5) is 11.5. The number of hydrogen-bond donors (Lipinski definition) is 0. The number of Topliss-reactive ketones (excluding diaryl/α,β-unsaturated/α-hetero) is 1. The molecule has 0 fully saturated rings. The predicted molar refractivity (Wildman–Crippen MR) is 46.3 cm³/mol. The van der Waals surface area contributed by atoms with E-state index in [1.54, 1.807) is 0 Å². The number of rotatable bonds is 0. The third-order valence-corrected chi connectivity index (χ3v) is 2.33. The first kappa shape index (κ1) is 8.25. The minimum atomic E-state index is -0.279. The third kappa shape index (κ3) is 1.05. The molecule has 1 rings (SSSR count). The van der Waals surface area contributed by atoms with Crippen molar-refractivity contribution < 1.29 is 4.79 Å². The molecule has 60 valence electrons. The zero-order valence-electron chi connectivity index (χ0n) is 7.56. The van der Waals surface area contributed by atoms with Crippen molar-refractivity contribution in [2.75, 3.05) is 0 Å². The van der Waals surface area contributed by atoms with E-state index < -0.39 is 0 Å². The Kier molecular flexibility index (Phi) is 1.75. The molecule has 0 saturated carbocycles. The van der Waals surface area contributed by atoms with Crippen LogP contribution in [-0.4, -0.2) is 5.78 Å². The minimum absolute atomic E-state index is 0.255. The Hall–Kier alpha value is -0.850. The first-order valence-electron chi connectivity index (χ1n) is 3.90. The van der Waals surface area contributed by atoms with Gasteiger partial charge in [-0.25, -0.2) is 0 Å². The maximum atomic E-state index is 11.5. The van der Waals surface area contributed by atoms with Gasteiger partial charge in [-0.1, -0.05) is 12.2 Å². The van der Waals surface area contributed by atoms with E-state index in [0.29, 0.717) is 0 Å². The zero-order valence-corrected chi connectivity index (χ0v) is 7.56. The second-order valence-corrected chi connectivity index (χ2v) is 3.53. The van der Waals surface area contributed by atoms with Crippen LogP contribution in [0.1, 0.15) is 27.7 Å². The second kappa shape index (κ2) is 2.33. The van der Waals surface area contributed by atoms with Crippen LogP contribution in [0.25, 0.3) is 0 Å². The molecule has 0 radical (unpaired) electrons. The summed E-state index contributed by atoms with van der Waals surface area (Å²) in [6.07, 6.45) is 3.98.